The maximum absolute atomic E-state index is 11.5. The first kappa shape index (κ1) is 14.9. The van der Waals surface area contributed by atoms with Gasteiger partial charge in [0.1, 0.15) is 0 Å². The Morgan fingerprint density at radius 1 is 1.47 bits per heavy atom. The Hall–Kier alpha value is -2.15. The summed E-state index contributed by atoms with van der Waals surface area (Å²) < 4.78 is 0. The Balaban J connectivity index is 2.52. The van der Waals surface area contributed by atoms with Crippen molar-refractivity contribution >= 4 is 12.0 Å². The van der Waals surface area contributed by atoms with Crippen LogP contribution in [0.1, 0.15) is 18.2 Å². The molecule has 4 N–H and O–H groups in total. The summed E-state index contributed by atoms with van der Waals surface area (Å²) in [7, 11) is 0. The van der Waals surface area contributed by atoms with Crippen LogP contribution >= 0.6 is 0 Å². The van der Waals surface area contributed by atoms with Gasteiger partial charge in [0.15, 0.2) is 6.04 Å². The summed E-state index contributed by atoms with van der Waals surface area (Å²) in [5, 5.41) is 22.7. The summed E-state index contributed by atoms with van der Waals surface area (Å²) in [4.78, 5) is 26.4. The molecule has 2 amide bonds. The number of aliphatic hydroxyl groups is 1. The molecule has 0 spiro atoms. The molecule has 0 saturated heterocycles. The van der Waals surface area contributed by atoms with E-state index < -0.39 is 24.1 Å². The molecule has 0 aliphatic carbocycles. The van der Waals surface area contributed by atoms with E-state index in [1.165, 1.54) is 6.92 Å². The number of carboxylic acid groups (broad SMARTS) is 1. The molecule has 0 radical (unpaired) electrons. The molecular weight excluding hydrogens is 250 g/mol. The number of nitrogens with zero attached hydrogens (tertiary/aromatic N) is 1. The van der Waals surface area contributed by atoms with E-state index in [1.54, 1.807) is 12.3 Å². The van der Waals surface area contributed by atoms with Gasteiger partial charge in [-0.2, -0.15) is 0 Å². The average molecular weight is 267 g/mol. The van der Waals surface area contributed by atoms with Gasteiger partial charge in [-0.05, 0) is 25.5 Å². The Morgan fingerprint density at radius 3 is 2.68 bits per heavy atom. The van der Waals surface area contributed by atoms with Crippen LogP contribution in [0.5, 0.6) is 0 Å². The molecule has 2 unspecified atom stereocenters. The van der Waals surface area contributed by atoms with E-state index in [1.807, 2.05) is 13.0 Å². The summed E-state index contributed by atoms with van der Waals surface area (Å²) in [5.74, 6) is -1.29. The molecule has 1 aromatic rings. The van der Waals surface area contributed by atoms with Gasteiger partial charge in [-0.25, -0.2) is 9.59 Å². The first-order valence-corrected chi connectivity index (χ1v) is 5.77. The number of aromatic nitrogens is 1. The monoisotopic (exact) mass is 267 g/mol. The minimum absolute atomic E-state index is 0.185. The molecule has 0 aromatic carbocycles. The number of carbonyl (C=O) groups excluding carboxylic acids is 1. The van der Waals surface area contributed by atoms with Gasteiger partial charge in [-0.3, -0.25) is 4.98 Å². The number of aliphatic carboxylic acids is 1. The lowest BCUT2D eigenvalue weighted by molar-refractivity contribution is -0.141. The largest absolute Gasteiger partial charge is 0.480 e. The van der Waals surface area contributed by atoms with Gasteiger partial charge in [0.25, 0.3) is 0 Å². The highest BCUT2D eigenvalue weighted by atomic mass is 16.4. The van der Waals surface area contributed by atoms with Gasteiger partial charge in [0.2, 0.25) is 0 Å². The van der Waals surface area contributed by atoms with E-state index in [0.717, 1.165) is 5.56 Å². The van der Waals surface area contributed by atoms with Gasteiger partial charge in [0, 0.05) is 6.20 Å². The van der Waals surface area contributed by atoms with Crippen molar-refractivity contribution in [2.24, 2.45) is 0 Å². The van der Waals surface area contributed by atoms with Gasteiger partial charge in [-0.1, -0.05) is 6.07 Å². The van der Waals surface area contributed by atoms with Crippen LogP contribution in [-0.4, -0.2) is 39.3 Å². The van der Waals surface area contributed by atoms with Crippen molar-refractivity contribution in [1.29, 1.82) is 0 Å². The number of hydrogen-bond donors (Lipinski definition) is 4. The third-order valence-corrected chi connectivity index (χ3v) is 2.57. The third-order valence-electron chi connectivity index (χ3n) is 2.57. The van der Waals surface area contributed by atoms with Crippen LogP contribution in [0.15, 0.2) is 18.3 Å². The molecular formula is C12H17N3O4. The van der Waals surface area contributed by atoms with Crippen LogP contribution in [-0.2, 0) is 11.3 Å². The molecule has 19 heavy (non-hydrogen) atoms. The van der Waals surface area contributed by atoms with E-state index in [4.69, 9.17) is 5.11 Å². The van der Waals surface area contributed by atoms with E-state index in [-0.39, 0.29) is 6.54 Å². The van der Waals surface area contributed by atoms with Crippen LogP contribution < -0.4 is 10.6 Å². The molecule has 0 aliphatic rings. The zero-order valence-corrected chi connectivity index (χ0v) is 10.8. The predicted molar refractivity (Wildman–Crippen MR) is 67.5 cm³/mol. The zero-order valence-electron chi connectivity index (χ0n) is 10.8. The number of nitrogens with one attached hydrogen (secondary N) is 2. The van der Waals surface area contributed by atoms with Crippen molar-refractivity contribution in [3.63, 3.8) is 0 Å². The number of hydrogen-bond acceptors (Lipinski definition) is 4. The molecule has 0 fully saturated rings. The fourth-order valence-electron chi connectivity index (χ4n) is 1.45. The van der Waals surface area contributed by atoms with Crippen molar-refractivity contribution in [2.45, 2.75) is 32.5 Å². The summed E-state index contributed by atoms with van der Waals surface area (Å²) in [6, 6.07) is 1.63. The highest BCUT2D eigenvalue weighted by molar-refractivity contribution is 5.82. The molecule has 2 atom stereocenters. The molecule has 1 rings (SSSR count). The van der Waals surface area contributed by atoms with Crippen molar-refractivity contribution in [3.8, 4) is 0 Å². The smallest absolute Gasteiger partial charge is 0.328 e. The molecule has 1 heterocycles. The normalized spacial score (nSPS) is 13.4. The molecule has 0 aliphatic heterocycles. The standard InChI is InChI=1S/C12H17N3O4/c1-7-4-3-5-13-9(7)6-14-12(19)15-10(8(2)16)11(17)18/h3-5,8,10,16H,6H2,1-2H3,(H,17,18)(H2,14,15,19). The lowest BCUT2D eigenvalue weighted by Gasteiger charge is -2.17. The highest BCUT2D eigenvalue weighted by Gasteiger charge is 2.24. The van der Waals surface area contributed by atoms with Crippen molar-refractivity contribution < 1.29 is 19.8 Å². The summed E-state index contributed by atoms with van der Waals surface area (Å²) in [6.07, 6.45) is 0.428. The number of carboxylic acids is 1. The lowest BCUT2D eigenvalue weighted by Crippen LogP contribution is -2.51. The molecule has 1 aromatic heterocycles. The predicted octanol–water partition coefficient (Wildman–Crippen LogP) is 0.0232. The minimum atomic E-state index is -1.34. The van der Waals surface area contributed by atoms with Crippen molar-refractivity contribution in [2.75, 3.05) is 0 Å². The number of aryl methyl sites for hydroxylation is 1. The molecule has 104 valence electrons. The Labute approximate surface area is 110 Å². The SMILES string of the molecule is Cc1cccnc1CNC(=O)NC(C(=O)O)C(C)O. The molecule has 7 heteroatoms. The minimum Gasteiger partial charge on any atom is -0.480 e. The van der Waals surface area contributed by atoms with E-state index in [9.17, 15) is 14.7 Å². The van der Waals surface area contributed by atoms with E-state index in [2.05, 4.69) is 15.6 Å². The van der Waals surface area contributed by atoms with E-state index >= 15 is 0 Å². The van der Waals surface area contributed by atoms with Gasteiger partial charge in [0.05, 0.1) is 18.3 Å². The van der Waals surface area contributed by atoms with Crippen LogP contribution in [0.4, 0.5) is 4.79 Å². The number of carbonyl (C=O) groups is 2. The molecule has 0 saturated carbocycles. The third kappa shape index (κ3) is 4.55. The average Bonchev–Trinajstić information content (AvgIpc) is 2.34. The molecule has 7 nitrogen and oxygen atoms in total. The van der Waals surface area contributed by atoms with Crippen LogP contribution in [0, 0.1) is 6.92 Å². The maximum Gasteiger partial charge on any atom is 0.328 e. The van der Waals surface area contributed by atoms with Gasteiger partial charge < -0.3 is 20.8 Å². The van der Waals surface area contributed by atoms with Crippen LogP contribution in [0.3, 0.4) is 0 Å². The number of aliphatic hydroxyl groups excluding tert-OH is 1. The summed E-state index contributed by atoms with van der Waals surface area (Å²) in [6.45, 7) is 3.34. The topological polar surface area (TPSA) is 112 Å². The second-order valence-corrected chi connectivity index (χ2v) is 4.15. The second kappa shape index (κ2) is 6.69. The van der Waals surface area contributed by atoms with Crippen LogP contribution in [0.25, 0.3) is 0 Å². The lowest BCUT2D eigenvalue weighted by atomic mass is 10.2. The summed E-state index contributed by atoms with van der Waals surface area (Å²) >= 11 is 0. The number of pyridine rings is 1. The van der Waals surface area contributed by atoms with Gasteiger partial charge in [-0.15, -0.1) is 0 Å². The zero-order chi connectivity index (χ0) is 14.4. The van der Waals surface area contributed by atoms with E-state index in [0.29, 0.717) is 5.69 Å². The number of urea groups is 1. The quantitative estimate of drug-likeness (QED) is 0.601. The first-order valence-electron chi connectivity index (χ1n) is 5.77. The fraction of sp³-hybridized carbons (Fsp3) is 0.417. The Bertz CT molecular complexity index is 462. The Morgan fingerprint density at radius 2 is 2.16 bits per heavy atom. The van der Waals surface area contributed by atoms with Crippen LogP contribution in [0.2, 0.25) is 0 Å². The fourth-order valence-corrected chi connectivity index (χ4v) is 1.45. The van der Waals surface area contributed by atoms with Crippen molar-refractivity contribution in [3.05, 3.63) is 29.6 Å². The van der Waals surface area contributed by atoms with Crippen molar-refractivity contribution in [1.82, 2.24) is 15.6 Å². The summed E-state index contributed by atoms with van der Waals surface area (Å²) in [5.41, 5.74) is 1.62. The Kier molecular flexibility index (Phi) is 5.25. The first-order chi connectivity index (χ1) is 8.91. The number of rotatable bonds is 5. The van der Waals surface area contributed by atoms with Gasteiger partial charge >= 0.3 is 12.0 Å². The highest BCUT2D eigenvalue weighted by Crippen LogP contribution is 2.02. The maximum atomic E-state index is 11.5. The molecule has 0 bridgehead atoms. The second-order valence-electron chi connectivity index (χ2n) is 4.15. The number of amides is 2.